The lowest BCUT2D eigenvalue weighted by atomic mass is 9.91. The normalized spacial score (nSPS) is 12.8. The van der Waals surface area contributed by atoms with Gasteiger partial charge in [0.15, 0.2) is 10.1 Å². The highest BCUT2D eigenvalue weighted by atomic mass is 32.2. The van der Waals surface area contributed by atoms with Crippen LogP contribution in [0.5, 0.6) is 5.75 Å². The molecule has 0 fully saturated rings. The van der Waals surface area contributed by atoms with Gasteiger partial charge in [0.2, 0.25) is 5.91 Å². The van der Waals surface area contributed by atoms with E-state index in [0.29, 0.717) is 18.5 Å². The fraction of sp³-hybridized carbons (Fsp3) is 0.625. The number of alkyl halides is 6. The lowest BCUT2D eigenvalue weighted by Crippen LogP contribution is -2.61. The molecule has 1 aromatic carbocycles. The summed E-state index contributed by atoms with van der Waals surface area (Å²) in [4.78, 5) is 34.0. The van der Waals surface area contributed by atoms with E-state index in [-0.39, 0.29) is 37.9 Å². The van der Waals surface area contributed by atoms with Crippen molar-refractivity contribution in [3.8, 4) is 5.75 Å². The molecule has 1 rings (SSSR count). The molecule has 0 saturated heterocycles. The van der Waals surface area contributed by atoms with Crippen molar-refractivity contribution in [1.82, 2.24) is 5.32 Å². The largest absolute Gasteiger partial charge is 0.743 e. The summed E-state index contributed by atoms with van der Waals surface area (Å²) >= 11 is 0. The molecule has 44 heavy (non-hydrogen) atoms. The summed E-state index contributed by atoms with van der Waals surface area (Å²) in [6.07, 6.45) is 0.813. The number of esters is 2. The summed E-state index contributed by atoms with van der Waals surface area (Å²) in [5.74, 6) is -8.98. The van der Waals surface area contributed by atoms with E-state index in [1.807, 2.05) is 13.8 Å². The van der Waals surface area contributed by atoms with Crippen molar-refractivity contribution < 1.29 is 75.8 Å². The van der Waals surface area contributed by atoms with Gasteiger partial charge in [-0.3, -0.25) is 14.4 Å². The molecule has 0 heterocycles. The highest BCUT2D eigenvalue weighted by molar-refractivity contribution is 7.88. The maximum atomic E-state index is 13.4. The van der Waals surface area contributed by atoms with Crippen LogP contribution < -0.4 is 9.50 Å². The van der Waals surface area contributed by atoms with Gasteiger partial charge in [0, 0.05) is 13.0 Å². The van der Waals surface area contributed by atoms with Crippen LogP contribution in [0.2, 0.25) is 0 Å². The number of carbonyl (C=O) groups is 3. The molecule has 1 amide bonds. The van der Waals surface area contributed by atoms with Crippen molar-refractivity contribution in [2.45, 2.75) is 70.3 Å². The summed E-state index contributed by atoms with van der Waals surface area (Å²) in [5.41, 5.74) is -0.0387. The van der Waals surface area contributed by atoms with E-state index in [9.17, 15) is 62.1 Å². The van der Waals surface area contributed by atoms with Crippen molar-refractivity contribution in [3.63, 3.8) is 0 Å². The van der Waals surface area contributed by atoms with Gasteiger partial charge in [-0.15, -0.1) is 0 Å². The number of halogens is 6. The average molecular weight is 689 g/mol. The monoisotopic (exact) mass is 688 g/mol. The van der Waals surface area contributed by atoms with E-state index in [1.54, 1.807) is 13.8 Å². The highest BCUT2D eigenvalue weighted by Crippen LogP contribution is 2.50. The minimum atomic E-state index is -7.32. The number of ether oxygens (including phenoxy) is 2. The van der Waals surface area contributed by atoms with Crippen LogP contribution >= 0.6 is 0 Å². The second-order valence-corrected chi connectivity index (χ2v) is 12.5. The molecule has 0 aromatic heterocycles. The molecular formula is C24H32F6NO11S2-. The Kier molecular flexibility index (Phi) is 14.6. The number of hydrogen-bond donors (Lipinski definition) is 1. The molecule has 0 spiro atoms. The lowest BCUT2D eigenvalue weighted by Gasteiger charge is -2.32. The Bertz CT molecular complexity index is 1350. The van der Waals surface area contributed by atoms with E-state index >= 15 is 0 Å². The van der Waals surface area contributed by atoms with E-state index in [1.165, 1.54) is 6.92 Å². The molecule has 12 nitrogen and oxygen atoms in total. The second-order valence-electron chi connectivity index (χ2n) is 9.46. The van der Waals surface area contributed by atoms with Crippen LogP contribution in [-0.2, 0) is 44.1 Å². The quantitative estimate of drug-likeness (QED) is 0.0936. The van der Waals surface area contributed by atoms with Crippen LogP contribution in [0.1, 0.15) is 52.5 Å². The van der Waals surface area contributed by atoms with Crippen LogP contribution in [-0.4, -0.2) is 75.4 Å². The van der Waals surface area contributed by atoms with Crippen LogP contribution in [0, 0.1) is 12.3 Å². The summed E-state index contributed by atoms with van der Waals surface area (Å²) in [6.45, 7) is 9.39. The van der Waals surface area contributed by atoms with Crippen LogP contribution in [0.4, 0.5) is 26.3 Å². The summed E-state index contributed by atoms with van der Waals surface area (Å²) < 4.78 is 145. The minimum Gasteiger partial charge on any atom is -0.743 e. The van der Waals surface area contributed by atoms with Gasteiger partial charge in [-0.05, 0) is 46.2 Å². The zero-order valence-corrected chi connectivity index (χ0v) is 25.8. The maximum Gasteiger partial charge on any atom is 0.450 e. The maximum absolute atomic E-state index is 13.4. The molecule has 0 unspecified atom stereocenters. The predicted octanol–water partition coefficient (Wildman–Crippen LogP) is 3.50. The van der Waals surface area contributed by atoms with E-state index in [2.05, 4.69) is 9.50 Å². The molecule has 254 valence electrons. The van der Waals surface area contributed by atoms with Crippen LogP contribution in [0.25, 0.3) is 0 Å². The molecule has 0 aliphatic rings. The molecular weight excluding hydrogens is 656 g/mol. The third kappa shape index (κ3) is 10.8. The molecule has 0 radical (unpaired) electrons. The third-order valence-corrected chi connectivity index (χ3v) is 7.71. The molecule has 0 bridgehead atoms. The zero-order valence-electron chi connectivity index (χ0n) is 24.1. The number of carbonyl (C=O) groups excluding carboxylic acids is 3. The molecule has 0 aliphatic carbocycles. The molecule has 0 atom stereocenters. The lowest BCUT2D eigenvalue weighted by molar-refractivity contribution is -0.247. The standard InChI is InChI=1S/C14H25NO5.C10H8F6O6S2/c1-5-14(3,4)13(18)20-10-9-19-12(17)8-7-11(16)15-6-2;1-6-2-4-7(5-3-6)22-24(20,21)10(15,16)8(11,12)9(13,14)23(17,18)19/h5-10H2,1-4H3,(H,15,16);2-5H,1H3,(H,17,18,19)/p-1. The Balaban J connectivity index is 0.000000856. The Morgan fingerprint density at radius 2 is 1.34 bits per heavy atom. The fourth-order valence-electron chi connectivity index (χ4n) is 2.46. The minimum absolute atomic E-state index is 0.0137. The Morgan fingerprint density at radius 1 is 0.841 bits per heavy atom. The van der Waals surface area contributed by atoms with Crippen molar-refractivity contribution in [2.24, 2.45) is 5.41 Å². The number of benzene rings is 1. The molecule has 0 saturated carbocycles. The van der Waals surface area contributed by atoms with Crippen LogP contribution in [0.15, 0.2) is 24.3 Å². The third-order valence-electron chi connectivity index (χ3n) is 5.53. The molecule has 20 heteroatoms. The van der Waals surface area contributed by atoms with Gasteiger partial charge in [-0.2, -0.15) is 34.8 Å². The summed E-state index contributed by atoms with van der Waals surface area (Å²) in [6, 6.07) is 3.75. The Hall–Kier alpha value is -3.13. The number of amides is 1. The van der Waals surface area contributed by atoms with Gasteiger partial charge < -0.3 is 23.5 Å². The van der Waals surface area contributed by atoms with E-state index in [4.69, 9.17) is 9.47 Å². The number of aryl methyl sites for hydroxylation is 1. The number of nitrogens with one attached hydrogen (secondary N) is 1. The van der Waals surface area contributed by atoms with E-state index < -0.39 is 53.8 Å². The van der Waals surface area contributed by atoms with Gasteiger partial charge in [0.05, 0.1) is 11.8 Å². The van der Waals surface area contributed by atoms with Gasteiger partial charge in [-0.25, -0.2) is 8.42 Å². The molecule has 1 aromatic rings. The smallest absolute Gasteiger partial charge is 0.450 e. The highest BCUT2D eigenvalue weighted by Gasteiger charge is 2.81. The zero-order chi connectivity index (χ0) is 34.8. The Morgan fingerprint density at radius 3 is 1.80 bits per heavy atom. The van der Waals surface area contributed by atoms with Gasteiger partial charge >= 0.3 is 38.5 Å². The summed E-state index contributed by atoms with van der Waals surface area (Å²) in [5, 5.41) is -11.0. The number of hydrogen-bond acceptors (Lipinski definition) is 11. The first-order valence-corrected chi connectivity index (χ1v) is 15.3. The average Bonchev–Trinajstić information content (AvgIpc) is 2.90. The van der Waals surface area contributed by atoms with Gasteiger partial charge in [0.25, 0.3) is 0 Å². The Labute approximate surface area is 250 Å². The molecule has 0 aliphatic heterocycles. The van der Waals surface area contributed by atoms with Crippen LogP contribution in [0.3, 0.4) is 0 Å². The summed E-state index contributed by atoms with van der Waals surface area (Å²) in [7, 11) is -14.1. The van der Waals surface area contributed by atoms with Gasteiger partial charge in [0.1, 0.15) is 19.0 Å². The van der Waals surface area contributed by atoms with Crippen molar-refractivity contribution in [1.29, 1.82) is 0 Å². The van der Waals surface area contributed by atoms with E-state index in [0.717, 1.165) is 24.3 Å². The van der Waals surface area contributed by atoms with Crippen molar-refractivity contribution in [2.75, 3.05) is 19.8 Å². The SMILES string of the molecule is CCNC(=O)CCC(=O)OCCOC(=O)C(C)(C)CC.Cc1ccc(OS(=O)(=O)C(F)(F)C(F)(F)C(F)(F)S(=O)(=O)[O-])cc1. The van der Waals surface area contributed by atoms with Crippen molar-refractivity contribution in [3.05, 3.63) is 29.8 Å². The van der Waals surface area contributed by atoms with Gasteiger partial charge in [-0.1, -0.05) is 24.6 Å². The second kappa shape index (κ2) is 15.7. The first-order valence-electron chi connectivity index (χ1n) is 12.5. The predicted molar refractivity (Wildman–Crippen MR) is 139 cm³/mol. The fourth-order valence-corrected chi connectivity index (χ4v) is 3.88. The first kappa shape index (κ1) is 40.9. The first-order chi connectivity index (χ1) is 19.8. The number of rotatable bonds is 15. The topological polar surface area (TPSA) is 182 Å². The molecule has 1 N–H and O–H groups in total. The van der Waals surface area contributed by atoms with Crippen molar-refractivity contribution >= 4 is 38.1 Å².